The van der Waals surface area contributed by atoms with E-state index in [1.807, 2.05) is 10.6 Å². The van der Waals surface area contributed by atoms with Crippen molar-refractivity contribution in [1.29, 1.82) is 0 Å². The smallest absolute Gasteiger partial charge is 0.445 e. The first-order chi connectivity index (χ1) is 12.5. The average molecular weight is 416 g/mol. The molecule has 27 heavy (non-hydrogen) atoms. The van der Waals surface area contributed by atoms with Crippen LogP contribution in [0, 0.1) is 0 Å². The number of methoxy groups -OCH3 is 2. The van der Waals surface area contributed by atoms with Crippen molar-refractivity contribution in [3.63, 3.8) is 0 Å². The van der Waals surface area contributed by atoms with Gasteiger partial charge in [0, 0.05) is 6.07 Å². The first kappa shape index (κ1) is 20.5. The van der Waals surface area contributed by atoms with Crippen LogP contribution in [0.15, 0.2) is 12.1 Å². The van der Waals surface area contributed by atoms with E-state index in [1.165, 1.54) is 0 Å². The molecule has 0 saturated heterocycles. The summed E-state index contributed by atoms with van der Waals surface area (Å²) in [6.07, 6.45) is -9.53. The number of hydrogen-bond donors (Lipinski definition) is 2. The summed E-state index contributed by atoms with van der Waals surface area (Å²) in [5.74, 6) is -0.701. The number of carbonyl (C=O) groups is 1. The number of rotatable bonds is 4. The fourth-order valence-corrected chi connectivity index (χ4v) is 2.46. The molecule has 0 radical (unpaired) electrons. The van der Waals surface area contributed by atoms with Gasteiger partial charge in [-0.15, -0.1) is 10.2 Å². The molecule has 0 bridgehead atoms. The predicted molar refractivity (Wildman–Crippen MR) is 82.1 cm³/mol. The van der Waals surface area contributed by atoms with Gasteiger partial charge in [-0.2, -0.15) is 26.3 Å². The van der Waals surface area contributed by atoms with E-state index in [0.717, 1.165) is 20.3 Å². The summed E-state index contributed by atoms with van der Waals surface area (Å²) in [7, 11) is 2.17. The highest BCUT2D eigenvalue weighted by Crippen LogP contribution is 2.42. The topological polar surface area (TPSA) is 85.4 Å². The molecule has 7 nitrogen and oxygen atoms in total. The van der Waals surface area contributed by atoms with Crippen LogP contribution in [0.3, 0.4) is 0 Å². The summed E-state index contributed by atoms with van der Waals surface area (Å²) < 4.78 is 86.1. The van der Waals surface area contributed by atoms with Crippen molar-refractivity contribution >= 4 is 28.2 Å². The Balaban J connectivity index is 2.25. The van der Waals surface area contributed by atoms with Gasteiger partial charge < -0.3 is 14.8 Å². The van der Waals surface area contributed by atoms with Crippen LogP contribution in [0.4, 0.5) is 42.0 Å². The van der Waals surface area contributed by atoms with Gasteiger partial charge in [-0.3, -0.25) is 5.32 Å². The van der Waals surface area contributed by atoms with Crippen LogP contribution in [0.5, 0.6) is 11.5 Å². The summed E-state index contributed by atoms with van der Waals surface area (Å²) >= 11 is 0.0517. The summed E-state index contributed by atoms with van der Waals surface area (Å²) in [4.78, 5) is 11.9. The molecule has 0 unspecified atom stereocenters. The largest absolute Gasteiger partial charge is 0.496 e. The van der Waals surface area contributed by atoms with Gasteiger partial charge in [0.1, 0.15) is 11.5 Å². The first-order valence-electron chi connectivity index (χ1n) is 6.77. The lowest BCUT2D eigenvalue weighted by molar-refractivity contribution is -0.139. The first-order valence-corrected chi connectivity index (χ1v) is 7.59. The highest BCUT2D eigenvalue weighted by molar-refractivity contribution is 7.15. The molecule has 0 fully saturated rings. The molecule has 0 saturated carbocycles. The summed E-state index contributed by atoms with van der Waals surface area (Å²) in [6.45, 7) is 0. The fraction of sp³-hybridized carbons (Fsp3) is 0.308. The number of anilines is 2. The standard InChI is InChI=1S/C13H10F6N4O3S/c1-25-7-4-8(26-2)6(3-5(7)12(14,15)16)20-10(24)21-11-23-22-9(27-11)13(17,18)19/h3-4H,1-2H3,(H2,20,21,23,24). The Morgan fingerprint density at radius 3 is 2.07 bits per heavy atom. The van der Waals surface area contributed by atoms with Crippen molar-refractivity contribution in [2.45, 2.75) is 12.4 Å². The normalized spacial score (nSPS) is 11.9. The van der Waals surface area contributed by atoms with Crippen molar-refractivity contribution in [2.24, 2.45) is 0 Å². The number of urea groups is 1. The zero-order chi connectivity index (χ0) is 20.4. The van der Waals surface area contributed by atoms with Crippen LogP contribution >= 0.6 is 11.3 Å². The van der Waals surface area contributed by atoms with Crippen LogP contribution in [-0.2, 0) is 12.4 Å². The number of amides is 2. The summed E-state index contributed by atoms with van der Waals surface area (Å²) in [5, 5.41) is 8.21. The van der Waals surface area contributed by atoms with Gasteiger partial charge in [-0.05, 0) is 6.07 Å². The second kappa shape index (κ2) is 7.46. The molecule has 2 aromatic rings. The van der Waals surface area contributed by atoms with Gasteiger partial charge in [-0.25, -0.2) is 4.79 Å². The molecular weight excluding hydrogens is 406 g/mol. The van der Waals surface area contributed by atoms with Gasteiger partial charge in [0.15, 0.2) is 0 Å². The quantitative estimate of drug-likeness (QED) is 0.729. The van der Waals surface area contributed by atoms with Crippen molar-refractivity contribution in [2.75, 3.05) is 24.9 Å². The minimum absolute atomic E-state index is 0.0517. The molecule has 2 rings (SSSR count). The van der Waals surface area contributed by atoms with E-state index in [9.17, 15) is 31.1 Å². The van der Waals surface area contributed by atoms with E-state index in [0.29, 0.717) is 6.07 Å². The number of aromatic nitrogens is 2. The second-order valence-corrected chi connectivity index (χ2v) is 5.72. The molecule has 1 aromatic carbocycles. The van der Waals surface area contributed by atoms with Crippen LogP contribution in [0.2, 0.25) is 0 Å². The lowest BCUT2D eigenvalue weighted by atomic mass is 10.1. The predicted octanol–water partition coefficient (Wildman–Crippen LogP) is 4.24. The molecule has 0 aliphatic heterocycles. The Kier molecular flexibility index (Phi) is 5.67. The third-order valence-corrected chi connectivity index (χ3v) is 3.85. The van der Waals surface area contributed by atoms with E-state index < -0.39 is 39.8 Å². The fourth-order valence-electron chi connectivity index (χ4n) is 1.86. The van der Waals surface area contributed by atoms with Gasteiger partial charge in [-0.1, -0.05) is 11.3 Å². The van der Waals surface area contributed by atoms with Crippen LogP contribution in [-0.4, -0.2) is 30.4 Å². The zero-order valence-corrected chi connectivity index (χ0v) is 14.3. The summed E-state index contributed by atoms with van der Waals surface area (Å²) in [5.41, 5.74) is -1.57. The minimum atomic E-state index is -4.79. The molecular formula is C13H10F6N4O3S. The molecule has 2 amide bonds. The maximum absolute atomic E-state index is 13.1. The molecule has 14 heteroatoms. The van der Waals surface area contributed by atoms with Gasteiger partial charge in [0.2, 0.25) is 10.1 Å². The molecule has 0 aliphatic carbocycles. The number of hydrogen-bond acceptors (Lipinski definition) is 6. The maximum atomic E-state index is 13.1. The van der Waals surface area contributed by atoms with E-state index in [2.05, 4.69) is 14.9 Å². The maximum Gasteiger partial charge on any atom is 0.445 e. The third kappa shape index (κ3) is 4.90. The van der Waals surface area contributed by atoms with Gasteiger partial charge in [0.05, 0.1) is 25.5 Å². The number of nitrogens with one attached hydrogen (secondary N) is 2. The lowest BCUT2D eigenvalue weighted by Crippen LogP contribution is -2.20. The SMILES string of the molecule is COc1cc(OC)c(C(F)(F)F)cc1NC(=O)Nc1nnc(C(F)(F)F)s1. The summed E-state index contributed by atoms with van der Waals surface area (Å²) in [6, 6.07) is 0.334. The van der Waals surface area contributed by atoms with Crippen molar-refractivity contribution < 1.29 is 40.6 Å². The molecule has 0 atom stereocenters. The monoisotopic (exact) mass is 416 g/mol. The molecule has 2 N–H and O–H groups in total. The van der Waals surface area contributed by atoms with Crippen LogP contribution in [0.1, 0.15) is 10.6 Å². The molecule has 1 heterocycles. The molecule has 1 aromatic heterocycles. The van der Waals surface area contributed by atoms with Gasteiger partial charge in [0.25, 0.3) is 0 Å². The number of ether oxygens (including phenoxy) is 2. The number of alkyl halides is 6. The zero-order valence-electron chi connectivity index (χ0n) is 13.4. The Morgan fingerprint density at radius 1 is 0.963 bits per heavy atom. The van der Waals surface area contributed by atoms with Crippen molar-refractivity contribution in [3.05, 3.63) is 22.7 Å². The molecule has 148 valence electrons. The van der Waals surface area contributed by atoms with Crippen LogP contribution < -0.4 is 20.1 Å². The minimum Gasteiger partial charge on any atom is -0.496 e. The van der Waals surface area contributed by atoms with Crippen molar-refractivity contribution in [3.8, 4) is 11.5 Å². The molecule has 0 aliphatic rings. The number of nitrogens with zero attached hydrogens (tertiary/aromatic N) is 2. The van der Waals surface area contributed by atoms with E-state index in [-0.39, 0.29) is 22.8 Å². The Labute approximate surface area is 151 Å². The van der Waals surface area contributed by atoms with Crippen LogP contribution in [0.25, 0.3) is 0 Å². The molecule has 0 spiro atoms. The van der Waals surface area contributed by atoms with Crippen molar-refractivity contribution in [1.82, 2.24) is 10.2 Å². The third-order valence-electron chi connectivity index (χ3n) is 2.96. The Bertz CT molecular complexity index is 836. The highest BCUT2D eigenvalue weighted by atomic mass is 32.1. The van der Waals surface area contributed by atoms with E-state index in [4.69, 9.17) is 4.74 Å². The van der Waals surface area contributed by atoms with E-state index >= 15 is 0 Å². The number of benzene rings is 1. The Morgan fingerprint density at radius 2 is 1.59 bits per heavy atom. The Hall–Kier alpha value is -2.77. The van der Waals surface area contributed by atoms with Gasteiger partial charge >= 0.3 is 18.4 Å². The average Bonchev–Trinajstić information content (AvgIpc) is 3.02. The number of carbonyl (C=O) groups excluding carboxylic acids is 1. The second-order valence-electron chi connectivity index (χ2n) is 4.74. The number of halogens is 6. The highest BCUT2D eigenvalue weighted by Gasteiger charge is 2.37. The lowest BCUT2D eigenvalue weighted by Gasteiger charge is -2.17. The van der Waals surface area contributed by atoms with E-state index in [1.54, 1.807) is 0 Å².